The zero-order valence-electron chi connectivity index (χ0n) is 17.3. The number of nitrogens with zero attached hydrogens (tertiary/aromatic N) is 2. The zero-order chi connectivity index (χ0) is 21.5. The molecule has 1 aliphatic heterocycles. The monoisotopic (exact) mass is 415 g/mol. The van der Waals surface area contributed by atoms with E-state index in [0.717, 1.165) is 49.2 Å². The van der Waals surface area contributed by atoms with Gasteiger partial charge in [-0.2, -0.15) is 5.26 Å². The van der Waals surface area contributed by atoms with Gasteiger partial charge in [0, 0.05) is 13.1 Å². The molecule has 0 aliphatic carbocycles. The molecule has 6 nitrogen and oxygen atoms in total. The molecule has 0 bridgehead atoms. The van der Waals surface area contributed by atoms with Gasteiger partial charge in [-0.1, -0.05) is 24.3 Å². The van der Waals surface area contributed by atoms with Crippen molar-refractivity contribution in [2.45, 2.75) is 25.4 Å². The van der Waals surface area contributed by atoms with E-state index in [1.54, 1.807) is 12.1 Å². The van der Waals surface area contributed by atoms with E-state index >= 15 is 0 Å². The van der Waals surface area contributed by atoms with E-state index in [2.05, 4.69) is 16.3 Å². The molecular formula is C25H25N3O3. The van der Waals surface area contributed by atoms with Gasteiger partial charge in [0.25, 0.3) is 5.91 Å². The Kier molecular flexibility index (Phi) is 6.65. The molecule has 1 amide bonds. The number of hydrogen-bond acceptors (Lipinski definition) is 5. The van der Waals surface area contributed by atoms with Gasteiger partial charge in [-0.3, -0.25) is 9.69 Å². The summed E-state index contributed by atoms with van der Waals surface area (Å²) in [5, 5.41) is 12.0. The second-order valence-corrected chi connectivity index (χ2v) is 7.56. The number of ether oxygens (including phenoxy) is 1. The summed E-state index contributed by atoms with van der Waals surface area (Å²) in [6.45, 7) is 2.46. The number of rotatable bonds is 8. The Labute approximate surface area is 182 Å². The molecule has 158 valence electrons. The van der Waals surface area contributed by atoms with E-state index in [0.29, 0.717) is 17.9 Å². The highest BCUT2D eigenvalue weighted by molar-refractivity contribution is 5.91. The van der Waals surface area contributed by atoms with Crippen molar-refractivity contribution in [3.63, 3.8) is 0 Å². The fourth-order valence-corrected chi connectivity index (χ4v) is 3.83. The average Bonchev–Trinajstić information content (AvgIpc) is 3.50. The van der Waals surface area contributed by atoms with Crippen LogP contribution in [0.1, 0.15) is 35.4 Å². The molecule has 2 heterocycles. The summed E-state index contributed by atoms with van der Waals surface area (Å²) in [7, 11) is 0. The number of likely N-dealkylation sites (tertiary alicyclic amines) is 1. The first-order chi connectivity index (χ1) is 15.2. The molecule has 6 heteroatoms. The van der Waals surface area contributed by atoms with Crippen LogP contribution in [-0.2, 0) is 0 Å². The van der Waals surface area contributed by atoms with Crippen LogP contribution in [0, 0.1) is 11.3 Å². The minimum Gasteiger partial charge on any atom is -0.494 e. The van der Waals surface area contributed by atoms with Crippen molar-refractivity contribution >= 4 is 5.91 Å². The molecule has 1 unspecified atom stereocenters. The van der Waals surface area contributed by atoms with Crippen LogP contribution in [0.15, 0.2) is 71.3 Å². The lowest BCUT2D eigenvalue weighted by atomic mass is 10.0. The maximum Gasteiger partial charge on any atom is 0.288 e. The van der Waals surface area contributed by atoms with Gasteiger partial charge >= 0.3 is 0 Å². The van der Waals surface area contributed by atoms with Crippen LogP contribution in [0.3, 0.4) is 0 Å². The highest BCUT2D eigenvalue weighted by atomic mass is 16.5. The van der Waals surface area contributed by atoms with Crippen molar-refractivity contribution in [3.05, 3.63) is 78.3 Å². The highest BCUT2D eigenvalue weighted by Crippen LogP contribution is 2.23. The number of hydrogen-bond donors (Lipinski definition) is 1. The fraction of sp³-hybridized carbons (Fsp3) is 0.280. The van der Waals surface area contributed by atoms with Gasteiger partial charge in [0.05, 0.1) is 30.7 Å². The summed E-state index contributed by atoms with van der Waals surface area (Å²) >= 11 is 0. The van der Waals surface area contributed by atoms with Crippen molar-refractivity contribution in [2.24, 2.45) is 0 Å². The molecule has 1 fully saturated rings. The summed E-state index contributed by atoms with van der Waals surface area (Å²) in [5.74, 6) is 1.02. The van der Waals surface area contributed by atoms with Gasteiger partial charge in [0.2, 0.25) is 0 Å². The zero-order valence-corrected chi connectivity index (χ0v) is 17.3. The number of nitriles is 1. The molecule has 0 spiro atoms. The number of carbonyl (C=O) groups is 1. The van der Waals surface area contributed by atoms with Gasteiger partial charge in [-0.15, -0.1) is 0 Å². The van der Waals surface area contributed by atoms with E-state index in [-0.39, 0.29) is 12.1 Å². The van der Waals surface area contributed by atoms with E-state index < -0.39 is 0 Å². The largest absolute Gasteiger partial charge is 0.494 e. The predicted molar refractivity (Wildman–Crippen MR) is 117 cm³/mol. The molecule has 31 heavy (non-hydrogen) atoms. The predicted octanol–water partition coefficient (Wildman–Crippen LogP) is 4.44. The Morgan fingerprint density at radius 3 is 2.55 bits per heavy atom. The number of carbonyl (C=O) groups excluding carboxylic acids is 1. The van der Waals surface area contributed by atoms with E-state index in [4.69, 9.17) is 14.4 Å². The van der Waals surface area contributed by atoms with Crippen LogP contribution in [-0.4, -0.2) is 36.7 Å². The molecule has 2 aromatic carbocycles. The number of benzene rings is 2. The Balaban J connectivity index is 1.22. The lowest BCUT2D eigenvalue weighted by molar-refractivity contribution is 0.0854. The Hall–Kier alpha value is -3.56. The first kappa shape index (κ1) is 20.7. The Morgan fingerprint density at radius 1 is 1.13 bits per heavy atom. The summed E-state index contributed by atoms with van der Waals surface area (Å²) < 4.78 is 11.1. The maximum atomic E-state index is 12.2. The molecule has 1 N–H and O–H groups in total. The third-order valence-corrected chi connectivity index (χ3v) is 5.47. The summed E-state index contributed by atoms with van der Waals surface area (Å²) in [5.41, 5.74) is 2.82. The molecule has 1 saturated heterocycles. The first-order valence-corrected chi connectivity index (χ1v) is 10.5. The van der Waals surface area contributed by atoms with Crippen molar-refractivity contribution in [1.82, 2.24) is 10.2 Å². The van der Waals surface area contributed by atoms with Crippen molar-refractivity contribution in [2.75, 3.05) is 19.7 Å². The van der Waals surface area contributed by atoms with Gasteiger partial charge in [-0.25, -0.2) is 0 Å². The summed E-state index contributed by atoms with van der Waals surface area (Å²) in [4.78, 5) is 14.5. The standard InChI is InChI=1S/C25H25N3O3/c26-18-19-6-8-20(9-7-19)21-10-12-22(13-11-21)30-17-3-15-28-14-1-5-24(28)27-25(29)23-4-2-16-31-23/h2,4,6-13,16,24H,1,3,5,14-15,17H2,(H,27,29). The molecule has 1 aromatic heterocycles. The van der Waals surface area contributed by atoms with Gasteiger partial charge in [-0.05, 0) is 66.8 Å². The lowest BCUT2D eigenvalue weighted by Gasteiger charge is -2.24. The minimum atomic E-state index is -0.166. The molecule has 3 aromatic rings. The maximum absolute atomic E-state index is 12.2. The van der Waals surface area contributed by atoms with Gasteiger partial charge in [0.1, 0.15) is 5.75 Å². The second-order valence-electron chi connectivity index (χ2n) is 7.56. The average molecular weight is 415 g/mol. The van der Waals surface area contributed by atoms with Crippen LogP contribution in [0.5, 0.6) is 5.75 Å². The van der Waals surface area contributed by atoms with Crippen LogP contribution in [0.4, 0.5) is 0 Å². The molecule has 4 rings (SSSR count). The molecule has 1 atom stereocenters. The topological polar surface area (TPSA) is 78.5 Å². The van der Waals surface area contributed by atoms with E-state index in [1.165, 1.54) is 6.26 Å². The lowest BCUT2D eigenvalue weighted by Crippen LogP contribution is -2.44. The van der Waals surface area contributed by atoms with E-state index in [1.807, 2.05) is 48.5 Å². The first-order valence-electron chi connectivity index (χ1n) is 10.5. The molecular weight excluding hydrogens is 390 g/mol. The number of nitrogens with one attached hydrogen (secondary N) is 1. The third-order valence-electron chi connectivity index (χ3n) is 5.47. The number of furan rings is 1. The van der Waals surface area contributed by atoms with E-state index in [9.17, 15) is 4.79 Å². The van der Waals surface area contributed by atoms with Crippen molar-refractivity contribution in [3.8, 4) is 22.9 Å². The molecule has 0 saturated carbocycles. The van der Waals surface area contributed by atoms with Crippen LogP contribution < -0.4 is 10.1 Å². The summed E-state index contributed by atoms with van der Waals surface area (Å²) in [6, 6.07) is 21.1. The third kappa shape index (κ3) is 5.33. The van der Waals surface area contributed by atoms with Crippen LogP contribution in [0.2, 0.25) is 0 Å². The van der Waals surface area contributed by atoms with Gasteiger partial charge in [0.15, 0.2) is 5.76 Å². The van der Waals surface area contributed by atoms with Gasteiger partial charge < -0.3 is 14.5 Å². The summed E-state index contributed by atoms with van der Waals surface area (Å²) in [6.07, 6.45) is 4.45. The SMILES string of the molecule is N#Cc1ccc(-c2ccc(OCCCN3CCCC3NC(=O)c3ccco3)cc2)cc1. The van der Waals surface area contributed by atoms with Crippen LogP contribution >= 0.6 is 0 Å². The second kappa shape index (κ2) is 9.96. The fourth-order valence-electron chi connectivity index (χ4n) is 3.83. The van der Waals surface area contributed by atoms with Crippen molar-refractivity contribution in [1.29, 1.82) is 5.26 Å². The Morgan fingerprint density at radius 2 is 1.87 bits per heavy atom. The van der Waals surface area contributed by atoms with Crippen LogP contribution in [0.25, 0.3) is 11.1 Å². The molecule has 0 radical (unpaired) electrons. The number of amides is 1. The molecule has 1 aliphatic rings. The minimum absolute atomic E-state index is 0.0457. The normalized spacial score (nSPS) is 16.0. The highest BCUT2D eigenvalue weighted by Gasteiger charge is 2.26. The van der Waals surface area contributed by atoms with Crippen molar-refractivity contribution < 1.29 is 13.9 Å². The Bertz CT molecular complexity index is 1020. The smallest absolute Gasteiger partial charge is 0.288 e. The quantitative estimate of drug-likeness (QED) is 0.550.